The summed E-state index contributed by atoms with van der Waals surface area (Å²) in [5, 5.41) is 0.831. The number of hydrogen-bond acceptors (Lipinski definition) is 1. The normalized spacial score (nSPS) is 16.8. The van der Waals surface area contributed by atoms with E-state index in [1.807, 2.05) is 0 Å². The van der Waals surface area contributed by atoms with Gasteiger partial charge in [-0.15, -0.1) is 17.0 Å². The Hall–Kier alpha value is -1.77. The summed E-state index contributed by atoms with van der Waals surface area (Å²) in [6, 6.07) is 28.8. The second-order valence-corrected chi connectivity index (χ2v) is 9.63. The van der Waals surface area contributed by atoms with E-state index in [-0.39, 0.29) is 22.4 Å². The van der Waals surface area contributed by atoms with Gasteiger partial charge in [-0.3, -0.25) is 0 Å². The summed E-state index contributed by atoms with van der Waals surface area (Å²) >= 11 is 6.56. The quantitative estimate of drug-likeness (QED) is 0.320. The van der Waals surface area contributed by atoms with Crippen molar-refractivity contribution in [2.45, 2.75) is 51.5 Å². The molecule has 3 heteroatoms. The van der Waals surface area contributed by atoms with Crippen molar-refractivity contribution >= 4 is 34.3 Å². The van der Waals surface area contributed by atoms with E-state index < -0.39 is 0 Å². The van der Waals surface area contributed by atoms with Crippen LogP contribution in [0.5, 0.6) is 0 Å². The predicted molar refractivity (Wildman–Crippen MR) is 140 cm³/mol. The molecule has 0 saturated carbocycles. The summed E-state index contributed by atoms with van der Waals surface area (Å²) in [4.78, 5) is 2.64. The number of hydrogen-bond donors (Lipinski definition) is 0. The molecule has 0 N–H and O–H groups in total. The van der Waals surface area contributed by atoms with Crippen molar-refractivity contribution in [1.82, 2.24) is 0 Å². The third kappa shape index (κ3) is 5.02. The lowest BCUT2D eigenvalue weighted by Gasteiger charge is -2.38. The molecule has 1 aliphatic rings. The molecule has 0 saturated heterocycles. The lowest BCUT2D eigenvalue weighted by atomic mass is 9.68. The summed E-state index contributed by atoms with van der Waals surface area (Å²) < 4.78 is 0. The molecule has 3 aromatic carbocycles. The predicted octanol–water partition coefficient (Wildman–Crippen LogP) is 7.90. The van der Waals surface area contributed by atoms with Crippen LogP contribution in [0.25, 0.3) is 0 Å². The third-order valence-corrected chi connectivity index (χ3v) is 6.98. The topological polar surface area (TPSA) is 3.24 Å². The van der Waals surface area contributed by atoms with E-state index in [0.717, 1.165) is 24.4 Å². The fourth-order valence-corrected chi connectivity index (χ4v) is 5.24. The molecule has 1 aliphatic heterocycles. The first-order valence-electron chi connectivity index (χ1n) is 11.1. The Bertz CT molecular complexity index is 929. The van der Waals surface area contributed by atoms with Gasteiger partial charge in [0.25, 0.3) is 0 Å². The van der Waals surface area contributed by atoms with Gasteiger partial charge in [0.2, 0.25) is 0 Å². The van der Waals surface area contributed by atoms with Gasteiger partial charge in [-0.25, -0.2) is 0 Å². The van der Waals surface area contributed by atoms with Gasteiger partial charge < -0.3 is 4.90 Å². The Kier molecular flexibility index (Phi) is 7.88. The van der Waals surface area contributed by atoms with E-state index in [9.17, 15) is 0 Å². The Labute approximate surface area is 203 Å². The van der Waals surface area contributed by atoms with E-state index in [1.165, 1.54) is 28.8 Å². The second-order valence-electron chi connectivity index (χ2n) is 9.19. The number of halogens is 2. The highest BCUT2D eigenvalue weighted by Crippen LogP contribution is 2.50. The van der Waals surface area contributed by atoms with Crippen molar-refractivity contribution in [3.63, 3.8) is 0 Å². The minimum absolute atomic E-state index is 0. The fraction of sp³-hybridized carbons (Fsp3) is 0.357. The van der Waals surface area contributed by atoms with E-state index in [1.54, 1.807) is 0 Å². The van der Waals surface area contributed by atoms with Gasteiger partial charge in [-0.2, -0.15) is 0 Å². The molecule has 0 fully saturated rings. The van der Waals surface area contributed by atoms with Gasteiger partial charge >= 0.3 is 0 Å². The molecular weight excluding hydrogens is 466 g/mol. The summed E-state index contributed by atoms with van der Waals surface area (Å²) in [7, 11) is 0. The zero-order valence-corrected chi connectivity index (χ0v) is 21.2. The van der Waals surface area contributed by atoms with Crippen molar-refractivity contribution in [3.8, 4) is 0 Å². The van der Waals surface area contributed by atoms with Gasteiger partial charge in [0.05, 0.1) is 0 Å². The number of benzene rings is 3. The van der Waals surface area contributed by atoms with Crippen LogP contribution in [0.3, 0.4) is 0 Å². The summed E-state index contributed by atoms with van der Waals surface area (Å²) in [5.74, 6) is 0.686. The Morgan fingerprint density at radius 3 is 1.94 bits per heavy atom. The Morgan fingerprint density at radius 1 is 0.871 bits per heavy atom. The lowest BCUT2D eigenvalue weighted by molar-refractivity contribution is 0.358. The van der Waals surface area contributed by atoms with Gasteiger partial charge in [0.15, 0.2) is 0 Å². The van der Waals surface area contributed by atoms with Crippen LogP contribution in [-0.2, 0) is 18.3 Å². The average molecular weight is 499 g/mol. The molecule has 0 radical (unpaired) electrons. The fourth-order valence-electron chi connectivity index (χ4n) is 5.07. The number of fused-ring (bicyclic) bond motifs is 1. The summed E-state index contributed by atoms with van der Waals surface area (Å²) in [5.41, 5.74) is 5.52. The summed E-state index contributed by atoms with van der Waals surface area (Å²) in [6.45, 7) is 8.12. The third-order valence-electron chi connectivity index (χ3n) is 6.74. The maximum Gasteiger partial charge on any atom is 0.0410 e. The first kappa shape index (κ1) is 23.9. The van der Waals surface area contributed by atoms with Gasteiger partial charge in [-0.1, -0.05) is 86.1 Å². The molecule has 1 nitrogen and oxygen atoms in total. The molecule has 1 atom stereocenters. The molecule has 164 valence electrons. The molecule has 4 rings (SSSR count). The first-order valence-corrected chi connectivity index (χ1v) is 11.5. The van der Waals surface area contributed by atoms with E-state index in [2.05, 4.69) is 105 Å². The highest BCUT2D eigenvalue weighted by atomic mass is 79.9. The van der Waals surface area contributed by atoms with Crippen molar-refractivity contribution in [2.24, 2.45) is 5.92 Å². The number of anilines is 1. The minimum atomic E-state index is -0.0140. The maximum absolute atomic E-state index is 6.56. The molecule has 0 bridgehead atoms. The molecule has 31 heavy (non-hydrogen) atoms. The molecule has 0 amide bonds. The highest BCUT2D eigenvalue weighted by Gasteiger charge is 2.48. The molecular formula is C28H33BrClN. The summed E-state index contributed by atoms with van der Waals surface area (Å²) in [6.07, 6.45) is 3.21. The molecule has 0 aliphatic carbocycles. The molecule has 3 aromatic rings. The maximum atomic E-state index is 6.56. The molecule has 0 spiro atoms. The molecule has 0 aromatic heterocycles. The Morgan fingerprint density at radius 2 is 1.42 bits per heavy atom. The largest absolute Gasteiger partial charge is 0.368 e. The second kappa shape index (κ2) is 10.2. The van der Waals surface area contributed by atoms with Crippen LogP contribution in [0.2, 0.25) is 5.02 Å². The molecule has 1 unspecified atom stereocenters. The lowest BCUT2D eigenvalue weighted by Crippen LogP contribution is -2.46. The number of nitrogens with zero attached hydrogens (tertiary/aromatic N) is 1. The van der Waals surface area contributed by atoms with Crippen LogP contribution in [0.15, 0.2) is 78.9 Å². The average Bonchev–Trinajstić information content (AvgIpc) is 2.95. The van der Waals surface area contributed by atoms with Crippen LogP contribution in [-0.4, -0.2) is 12.6 Å². The van der Waals surface area contributed by atoms with Crippen LogP contribution >= 0.6 is 28.6 Å². The smallest absolute Gasteiger partial charge is 0.0410 e. The van der Waals surface area contributed by atoms with Crippen LogP contribution < -0.4 is 4.90 Å². The van der Waals surface area contributed by atoms with E-state index in [4.69, 9.17) is 11.6 Å². The van der Waals surface area contributed by atoms with Crippen molar-refractivity contribution < 1.29 is 0 Å². The Balaban J connectivity index is 0.00000272. The van der Waals surface area contributed by atoms with E-state index >= 15 is 0 Å². The monoisotopic (exact) mass is 497 g/mol. The van der Waals surface area contributed by atoms with Gasteiger partial charge in [-0.05, 0) is 67.0 Å². The van der Waals surface area contributed by atoms with Crippen LogP contribution in [0.4, 0.5) is 5.69 Å². The van der Waals surface area contributed by atoms with Crippen molar-refractivity contribution in [3.05, 3.63) is 101 Å². The number of rotatable bonds is 7. The first-order chi connectivity index (χ1) is 14.5. The SMILES string of the molecule is Br.CC(C)CCN1c2ccc(Cl)cc2C(Cc2ccccc2)(Cc2ccccc2)C1C. The molecule has 1 heterocycles. The van der Waals surface area contributed by atoms with Crippen molar-refractivity contribution in [1.29, 1.82) is 0 Å². The van der Waals surface area contributed by atoms with Crippen LogP contribution in [0.1, 0.15) is 43.9 Å². The van der Waals surface area contributed by atoms with Crippen LogP contribution in [0, 0.1) is 5.92 Å². The van der Waals surface area contributed by atoms with Gasteiger partial charge in [0, 0.05) is 28.7 Å². The zero-order chi connectivity index (χ0) is 21.1. The van der Waals surface area contributed by atoms with Gasteiger partial charge in [0.1, 0.15) is 0 Å². The zero-order valence-electron chi connectivity index (χ0n) is 18.7. The minimum Gasteiger partial charge on any atom is -0.368 e. The highest BCUT2D eigenvalue weighted by molar-refractivity contribution is 8.93. The van der Waals surface area contributed by atoms with Crippen molar-refractivity contribution in [2.75, 3.05) is 11.4 Å². The standard InChI is InChI=1S/C28H32ClN.BrH/c1-21(2)16-17-30-22(3)28(19-23-10-6-4-7-11-23,20-24-12-8-5-9-13-24)26-18-25(29)14-15-27(26)30;/h4-15,18,21-22H,16-17,19-20H2,1-3H3;1H. The van der Waals surface area contributed by atoms with E-state index in [0.29, 0.717) is 12.0 Å².